The molecule has 0 aliphatic carbocycles. The summed E-state index contributed by atoms with van der Waals surface area (Å²) in [4.78, 5) is 0. The zero-order chi connectivity index (χ0) is 10.7. The van der Waals surface area contributed by atoms with Gasteiger partial charge in [-0.2, -0.15) is 11.3 Å². The van der Waals surface area contributed by atoms with Gasteiger partial charge >= 0.3 is 0 Å². The van der Waals surface area contributed by atoms with Crippen LogP contribution < -0.4 is 5.32 Å². The Hall–Kier alpha value is -0.990. The molecule has 0 fully saturated rings. The summed E-state index contributed by atoms with van der Waals surface area (Å²) in [6, 6.07) is 10.3. The van der Waals surface area contributed by atoms with Gasteiger partial charge in [-0.05, 0) is 36.1 Å². The first-order valence-electron chi connectivity index (χ1n) is 4.80. The van der Waals surface area contributed by atoms with E-state index in [1.807, 2.05) is 24.3 Å². The van der Waals surface area contributed by atoms with E-state index in [4.69, 9.17) is 11.6 Å². The Morgan fingerprint density at radius 1 is 1.20 bits per heavy atom. The van der Waals surface area contributed by atoms with Crippen LogP contribution >= 0.6 is 22.9 Å². The van der Waals surface area contributed by atoms with Crippen molar-refractivity contribution in [3.8, 4) is 0 Å². The first kappa shape index (κ1) is 10.5. The molecule has 2 aromatic rings. The molecule has 1 unspecified atom stereocenters. The van der Waals surface area contributed by atoms with Crippen LogP contribution in [0.25, 0.3) is 0 Å². The van der Waals surface area contributed by atoms with Crippen LogP contribution in [0.5, 0.6) is 0 Å². The third-order valence-corrected chi connectivity index (χ3v) is 3.21. The smallest absolute Gasteiger partial charge is 0.0485 e. The van der Waals surface area contributed by atoms with Crippen LogP contribution in [0.1, 0.15) is 18.5 Å². The maximum absolute atomic E-state index is 5.84. The minimum absolute atomic E-state index is 0.303. The molecule has 0 bridgehead atoms. The number of nitrogens with one attached hydrogen (secondary N) is 1. The van der Waals surface area contributed by atoms with Crippen LogP contribution in [0.3, 0.4) is 0 Å². The highest BCUT2D eigenvalue weighted by Crippen LogP contribution is 2.22. The second-order valence-electron chi connectivity index (χ2n) is 3.43. The second kappa shape index (κ2) is 4.69. The van der Waals surface area contributed by atoms with Crippen LogP contribution in [-0.2, 0) is 0 Å². The van der Waals surface area contributed by atoms with Crippen molar-refractivity contribution in [2.24, 2.45) is 0 Å². The lowest BCUT2D eigenvalue weighted by Crippen LogP contribution is -2.05. The first-order valence-corrected chi connectivity index (χ1v) is 6.12. The molecule has 0 saturated heterocycles. The lowest BCUT2D eigenvalue weighted by atomic mass is 10.1. The predicted molar refractivity (Wildman–Crippen MR) is 67.8 cm³/mol. The van der Waals surface area contributed by atoms with Gasteiger partial charge in [0.15, 0.2) is 0 Å². The molecule has 0 aliphatic heterocycles. The molecule has 0 saturated carbocycles. The molecule has 1 nitrogen and oxygen atoms in total. The lowest BCUT2D eigenvalue weighted by Gasteiger charge is -2.14. The van der Waals surface area contributed by atoms with Crippen LogP contribution in [0.4, 0.5) is 5.69 Å². The fourth-order valence-corrected chi connectivity index (χ4v) is 2.15. The summed E-state index contributed by atoms with van der Waals surface area (Å²) in [5.41, 5.74) is 2.41. The minimum Gasteiger partial charge on any atom is -0.378 e. The maximum atomic E-state index is 5.84. The van der Waals surface area contributed by atoms with Crippen LogP contribution in [-0.4, -0.2) is 0 Å². The van der Waals surface area contributed by atoms with E-state index in [0.29, 0.717) is 6.04 Å². The molecule has 1 aromatic heterocycles. The maximum Gasteiger partial charge on any atom is 0.0485 e. The molecular formula is C12H12ClNS. The number of benzene rings is 1. The molecule has 0 amide bonds. The fourth-order valence-electron chi connectivity index (χ4n) is 1.43. The highest BCUT2D eigenvalue weighted by molar-refractivity contribution is 7.08. The summed E-state index contributed by atoms with van der Waals surface area (Å²) in [7, 11) is 0. The molecule has 1 atom stereocenters. The average Bonchev–Trinajstić information content (AvgIpc) is 2.71. The molecule has 15 heavy (non-hydrogen) atoms. The molecule has 78 valence electrons. The van der Waals surface area contributed by atoms with Crippen molar-refractivity contribution >= 4 is 28.6 Å². The van der Waals surface area contributed by atoms with Crippen molar-refractivity contribution in [2.75, 3.05) is 5.32 Å². The molecule has 1 aromatic carbocycles. The van der Waals surface area contributed by atoms with Gasteiger partial charge in [0.25, 0.3) is 0 Å². The zero-order valence-electron chi connectivity index (χ0n) is 8.41. The number of anilines is 1. The largest absolute Gasteiger partial charge is 0.378 e. The Bertz CT molecular complexity index is 408. The summed E-state index contributed by atoms with van der Waals surface area (Å²) < 4.78 is 0. The SMILES string of the molecule is CC(Nc1ccsc1)c1ccc(Cl)cc1. The quantitative estimate of drug-likeness (QED) is 0.824. The van der Waals surface area contributed by atoms with Crippen LogP contribution in [0.2, 0.25) is 5.02 Å². The van der Waals surface area contributed by atoms with Gasteiger partial charge in [-0.15, -0.1) is 0 Å². The summed E-state index contributed by atoms with van der Waals surface area (Å²) in [6.45, 7) is 2.14. The van der Waals surface area contributed by atoms with Gasteiger partial charge in [-0.3, -0.25) is 0 Å². The number of hydrogen-bond acceptors (Lipinski definition) is 2. The van der Waals surface area contributed by atoms with Crippen molar-refractivity contribution in [3.05, 3.63) is 51.7 Å². The van der Waals surface area contributed by atoms with Gasteiger partial charge in [-0.25, -0.2) is 0 Å². The van der Waals surface area contributed by atoms with E-state index in [1.165, 1.54) is 11.3 Å². The van der Waals surface area contributed by atoms with E-state index in [2.05, 4.69) is 29.1 Å². The van der Waals surface area contributed by atoms with Crippen molar-refractivity contribution in [1.29, 1.82) is 0 Å². The predicted octanol–water partition coefficient (Wildman–Crippen LogP) is 4.57. The molecule has 2 rings (SSSR count). The van der Waals surface area contributed by atoms with E-state index in [0.717, 1.165) is 5.02 Å². The topological polar surface area (TPSA) is 12.0 Å². The van der Waals surface area contributed by atoms with Crippen molar-refractivity contribution in [1.82, 2.24) is 0 Å². The highest BCUT2D eigenvalue weighted by Gasteiger charge is 2.04. The fraction of sp³-hybridized carbons (Fsp3) is 0.167. The van der Waals surface area contributed by atoms with Gasteiger partial charge in [0.1, 0.15) is 0 Å². The third kappa shape index (κ3) is 2.74. The number of rotatable bonds is 3. The van der Waals surface area contributed by atoms with Crippen LogP contribution in [0, 0.1) is 0 Å². The molecule has 1 N–H and O–H groups in total. The summed E-state index contributed by atoms with van der Waals surface area (Å²) in [6.07, 6.45) is 0. The van der Waals surface area contributed by atoms with E-state index in [-0.39, 0.29) is 0 Å². The number of thiophene rings is 1. The van der Waals surface area contributed by atoms with E-state index >= 15 is 0 Å². The highest BCUT2D eigenvalue weighted by atomic mass is 35.5. The molecule has 3 heteroatoms. The first-order chi connectivity index (χ1) is 7.25. The Labute approximate surface area is 98.7 Å². The number of hydrogen-bond donors (Lipinski definition) is 1. The van der Waals surface area contributed by atoms with E-state index in [1.54, 1.807) is 11.3 Å². The van der Waals surface area contributed by atoms with Gasteiger partial charge in [0.2, 0.25) is 0 Å². The Kier molecular flexibility index (Phi) is 3.29. The number of halogens is 1. The van der Waals surface area contributed by atoms with E-state index < -0.39 is 0 Å². The second-order valence-corrected chi connectivity index (χ2v) is 4.65. The Morgan fingerprint density at radius 3 is 2.53 bits per heavy atom. The third-order valence-electron chi connectivity index (χ3n) is 2.27. The van der Waals surface area contributed by atoms with E-state index in [9.17, 15) is 0 Å². The summed E-state index contributed by atoms with van der Waals surface area (Å²) in [5.74, 6) is 0. The van der Waals surface area contributed by atoms with Crippen molar-refractivity contribution in [2.45, 2.75) is 13.0 Å². The molecule has 1 heterocycles. The Balaban J connectivity index is 2.08. The van der Waals surface area contributed by atoms with Gasteiger partial charge in [0, 0.05) is 22.1 Å². The van der Waals surface area contributed by atoms with Gasteiger partial charge in [-0.1, -0.05) is 23.7 Å². The summed E-state index contributed by atoms with van der Waals surface area (Å²) >= 11 is 7.54. The van der Waals surface area contributed by atoms with Gasteiger partial charge in [0.05, 0.1) is 0 Å². The lowest BCUT2D eigenvalue weighted by molar-refractivity contribution is 0.886. The molecule has 0 spiro atoms. The normalized spacial score (nSPS) is 12.4. The zero-order valence-corrected chi connectivity index (χ0v) is 9.98. The minimum atomic E-state index is 0.303. The molecule has 0 aliphatic rings. The average molecular weight is 238 g/mol. The Morgan fingerprint density at radius 2 is 1.93 bits per heavy atom. The standard InChI is InChI=1S/C12H12ClNS/c1-9(14-12-6-7-15-8-12)10-2-4-11(13)5-3-10/h2-9,14H,1H3. The van der Waals surface area contributed by atoms with Crippen LogP contribution in [0.15, 0.2) is 41.1 Å². The molecular weight excluding hydrogens is 226 g/mol. The summed E-state index contributed by atoms with van der Waals surface area (Å²) in [5, 5.41) is 8.37. The monoisotopic (exact) mass is 237 g/mol. The molecule has 0 radical (unpaired) electrons. The van der Waals surface area contributed by atoms with Gasteiger partial charge < -0.3 is 5.32 Å². The van der Waals surface area contributed by atoms with Crippen molar-refractivity contribution < 1.29 is 0 Å². The van der Waals surface area contributed by atoms with Crippen molar-refractivity contribution in [3.63, 3.8) is 0 Å².